The summed E-state index contributed by atoms with van der Waals surface area (Å²) in [5.74, 6) is 1.14. The van der Waals surface area contributed by atoms with Gasteiger partial charge in [-0.3, -0.25) is 4.79 Å². The van der Waals surface area contributed by atoms with Crippen molar-refractivity contribution in [3.63, 3.8) is 0 Å². The van der Waals surface area contributed by atoms with E-state index in [1.165, 1.54) is 19.3 Å². The van der Waals surface area contributed by atoms with E-state index in [2.05, 4.69) is 40.2 Å². The highest BCUT2D eigenvalue weighted by molar-refractivity contribution is 9.10. The smallest absolute Gasteiger partial charge is 0.291 e. The van der Waals surface area contributed by atoms with Gasteiger partial charge in [0.1, 0.15) is 5.69 Å². The third-order valence-electron chi connectivity index (χ3n) is 3.34. The van der Waals surface area contributed by atoms with Crippen LogP contribution in [0.4, 0.5) is 5.69 Å². The lowest BCUT2D eigenvalue weighted by Crippen LogP contribution is -2.31. The molecule has 1 aliphatic rings. The molecule has 0 amide bonds. The van der Waals surface area contributed by atoms with Crippen molar-refractivity contribution in [2.24, 2.45) is 11.8 Å². The molecule has 18 heavy (non-hydrogen) atoms. The molecule has 1 N–H and O–H groups in total. The normalized spacial score (nSPS) is 15.8. The molecule has 2 rings (SSSR count). The van der Waals surface area contributed by atoms with Gasteiger partial charge in [-0.2, -0.15) is 5.10 Å². The van der Waals surface area contributed by atoms with Crippen LogP contribution in [-0.2, 0) is 6.54 Å². The second-order valence-corrected chi connectivity index (χ2v) is 6.28. The van der Waals surface area contributed by atoms with Crippen LogP contribution in [0.1, 0.15) is 33.1 Å². The topological polar surface area (TPSA) is 46.9 Å². The van der Waals surface area contributed by atoms with Crippen molar-refractivity contribution in [1.82, 2.24) is 9.78 Å². The number of aromatic nitrogens is 2. The van der Waals surface area contributed by atoms with Crippen LogP contribution in [0.25, 0.3) is 0 Å². The minimum atomic E-state index is -0.0167. The van der Waals surface area contributed by atoms with Crippen LogP contribution in [0.5, 0.6) is 0 Å². The van der Waals surface area contributed by atoms with Gasteiger partial charge in [-0.15, -0.1) is 0 Å². The number of halogens is 1. The highest BCUT2D eigenvalue weighted by Crippen LogP contribution is 2.27. The Morgan fingerprint density at radius 3 is 2.83 bits per heavy atom. The summed E-state index contributed by atoms with van der Waals surface area (Å²) in [6, 6.07) is 0. The molecule has 1 saturated carbocycles. The molecular formula is C13H20BrN3O. The van der Waals surface area contributed by atoms with Crippen LogP contribution in [-0.4, -0.2) is 16.3 Å². The summed E-state index contributed by atoms with van der Waals surface area (Å²) in [5, 5.41) is 7.41. The van der Waals surface area contributed by atoms with Crippen LogP contribution in [0.15, 0.2) is 15.5 Å². The molecule has 1 fully saturated rings. The number of nitrogens with zero attached hydrogens (tertiary/aromatic N) is 2. The lowest BCUT2D eigenvalue weighted by molar-refractivity contribution is 0.262. The first kappa shape index (κ1) is 13.6. The molecule has 0 spiro atoms. The summed E-state index contributed by atoms with van der Waals surface area (Å²) in [7, 11) is 0. The van der Waals surface area contributed by atoms with Gasteiger partial charge < -0.3 is 5.32 Å². The van der Waals surface area contributed by atoms with E-state index in [0.29, 0.717) is 17.5 Å². The zero-order chi connectivity index (χ0) is 13.1. The van der Waals surface area contributed by atoms with Gasteiger partial charge in [0.05, 0.1) is 10.7 Å². The van der Waals surface area contributed by atoms with Crippen LogP contribution < -0.4 is 10.9 Å². The number of rotatable bonds is 5. The van der Waals surface area contributed by atoms with Gasteiger partial charge in [-0.1, -0.05) is 20.3 Å². The van der Waals surface area contributed by atoms with Gasteiger partial charge in [0, 0.05) is 13.1 Å². The molecule has 1 aromatic heterocycles. The van der Waals surface area contributed by atoms with E-state index in [0.717, 1.165) is 17.6 Å². The Morgan fingerprint density at radius 2 is 2.28 bits per heavy atom. The highest BCUT2D eigenvalue weighted by Gasteiger charge is 2.20. The Morgan fingerprint density at radius 1 is 1.56 bits per heavy atom. The van der Waals surface area contributed by atoms with E-state index in [1.807, 2.05) is 0 Å². The van der Waals surface area contributed by atoms with E-state index in [-0.39, 0.29) is 5.56 Å². The Kier molecular flexibility index (Phi) is 4.43. The molecule has 4 nitrogen and oxygen atoms in total. The van der Waals surface area contributed by atoms with Crippen molar-refractivity contribution in [2.75, 3.05) is 11.9 Å². The van der Waals surface area contributed by atoms with Gasteiger partial charge in [0.15, 0.2) is 0 Å². The van der Waals surface area contributed by atoms with Crippen molar-refractivity contribution in [1.29, 1.82) is 0 Å². The van der Waals surface area contributed by atoms with Gasteiger partial charge in [-0.05, 0) is 40.6 Å². The van der Waals surface area contributed by atoms with E-state index < -0.39 is 0 Å². The fourth-order valence-electron chi connectivity index (χ4n) is 1.98. The zero-order valence-electron chi connectivity index (χ0n) is 10.9. The molecule has 0 saturated heterocycles. The summed E-state index contributed by atoms with van der Waals surface area (Å²) in [5.41, 5.74) is 0.620. The predicted molar refractivity (Wildman–Crippen MR) is 76.9 cm³/mol. The number of hydrogen-bond acceptors (Lipinski definition) is 3. The van der Waals surface area contributed by atoms with Crippen LogP contribution in [0.2, 0.25) is 0 Å². The first-order chi connectivity index (χ1) is 8.58. The molecule has 5 heteroatoms. The maximum absolute atomic E-state index is 12.3. The van der Waals surface area contributed by atoms with E-state index >= 15 is 0 Å². The number of hydrogen-bond donors (Lipinski definition) is 1. The van der Waals surface area contributed by atoms with Gasteiger partial charge in [0.25, 0.3) is 5.56 Å². The molecule has 0 unspecified atom stereocenters. The van der Waals surface area contributed by atoms with Crippen molar-refractivity contribution < 1.29 is 0 Å². The summed E-state index contributed by atoms with van der Waals surface area (Å²) in [4.78, 5) is 12.3. The maximum Gasteiger partial charge on any atom is 0.291 e. The Balaban J connectivity index is 2.16. The Labute approximate surface area is 116 Å². The standard InChI is InChI=1S/C13H20BrN3O/c1-9(2)6-15-12-11(14)7-16-17(13(12)18)8-10-4-3-5-10/h7,9-10,15H,3-6,8H2,1-2H3. The van der Waals surface area contributed by atoms with Gasteiger partial charge >= 0.3 is 0 Å². The van der Waals surface area contributed by atoms with Crippen LogP contribution >= 0.6 is 15.9 Å². The van der Waals surface area contributed by atoms with E-state index in [4.69, 9.17) is 0 Å². The monoisotopic (exact) mass is 313 g/mol. The highest BCUT2D eigenvalue weighted by atomic mass is 79.9. The summed E-state index contributed by atoms with van der Waals surface area (Å²) >= 11 is 3.39. The largest absolute Gasteiger partial charge is 0.379 e. The fraction of sp³-hybridized carbons (Fsp3) is 0.692. The SMILES string of the molecule is CC(C)CNc1c(Br)cnn(CC2CCC2)c1=O. The molecule has 1 aromatic rings. The molecule has 0 bridgehead atoms. The first-order valence-electron chi connectivity index (χ1n) is 6.57. The molecule has 0 aromatic carbocycles. The molecule has 100 valence electrons. The second kappa shape index (κ2) is 5.87. The molecule has 0 aliphatic heterocycles. The molecule has 0 radical (unpaired) electrons. The van der Waals surface area contributed by atoms with Gasteiger partial charge in [0.2, 0.25) is 0 Å². The Bertz CT molecular complexity index is 466. The zero-order valence-corrected chi connectivity index (χ0v) is 12.5. The number of nitrogens with one attached hydrogen (secondary N) is 1. The molecular weight excluding hydrogens is 294 g/mol. The summed E-state index contributed by atoms with van der Waals surface area (Å²) in [6.45, 7) is 5.79. The summed E-state index contributed by atoms with van der Waals surface area (Å²) in [6.07, 6.45) is 5.44. The van der Waals surface area contributed by atoms with Crippen molar-refractivity contribution in [3.8, 4) is 0 Å². The fourth-order valence-corrected chi connectivity index (χ4v) is 2.39. The predicted octanol–water partition coefficient (Wildman–Crippen LogP) is 2.87. The minimum absolute atomic E-state index is 0.0167. The lowest BCUT2D eigenvalue weighted by atomic mass is 9.85. The second-order valence-electron chi connectivity index (χ2n) is 5.43. The first-order valence-corrected chi connectivity index (χ1v) is 7.36. The molecule has 0 atom stereocenters. The third kappa shape index (κ3) is 3.13. The average molecular weight is 314 g/mol. The Hall–Kier alpha value is -0.840. The quantitative estimate of drug-likeness (QED) is 0.909. The van der Waals surface area contributed by atoms with Crippen molar-refractivity contribution >= 4 is 21.6 Å². The maximum atomic E-state index is 12.3. The third-order valence-corrected chi connectivity index (χ3v) is 3.94. The lowest BCUT2D eigenvalue weighted by Gasteiger charge is -2.25. The summed E-state index contributed by atoms with van der Waals surface area (Å²) < 4.78 is 2.34. The van der Waals surface area contributed by atoms with Crippen molar-refractivity contribution in [2.45, 2.75) is 39.7 Å². The van der Waals surface area contributed by atoms with Gasteiger partial charge in [-0.25, -0.2) is 4.68 Å². The molecule has 1 heterocycles. The van der Waals surface area contributed by atoms with E-state index in [1.54, 1.807) is 10.9 Å². The van der Waals surface area contributed by atoms with Crippen LogP contribution in [0.3, 0.4) is 0 Å². The number of anilines is 1. The van der Waals surface area contributed by atoms with Crippen molar-refractivity contribution in [3.05, 3.63) is 21.0 Å². The minimum Gasteiger partial charge on any atom is -0.379 e. The average Bonchev–Trinajstić information content (AvgIpc) is 2.25. The molecule has 1 aliphatic carbocycles. The van der Waals surface area contributed by atoms with E-state index in [9.17, 15) is 4.79 Å². The van der Waals surface area contributed by atoms with Crippen LogP contribution in [0, 0.1) is 11.8 Å².